The maximum atomic E-state index is 14.0. The van der Waals surface area contributed by atoms with E-state index >= 15 is 0 Å². The van der Waals surface area contributed by atoms with Gasteiger partial charge in [-0.2, -0.15) is 0 Å². The summed E-state index contributed by atoms with van der Waals surface area (Å²) in [6, 6.07) is 17.3. The second-order valence-electron chi connectivity index (χ2n) is 6.77. The SMILES string of the molecule is COc1cc(/C=C2\N=C(c3ccccc3F)OC2=O)cc(Br)c1OCc1cccc(Br)c1. The average molecular weight is 561 g/mol. The highest BCUT2D eigenvalue weighted by Gasteiger charge is 2.26. The number of nitrogens with zero attached hydrogens (tertiary/aromatic N) is 1. The number of aliphatic imine (C=N–C) groups is 1. The zero-order chi connectivity index (χ0) is 22.7. The zero-order valence-electron chi connectivity index (χ0n) is 16.8. The molecule has 1 aliphatic heterocycles. The van der Waals surface area contributed by atoms with Crippen molar-refractivity contribution in [1.82, 2.24) is 0 Å². The van der Waals surface area contributed by atoms with Crippen LogP contribution in [0.1, 0.15) is 16.7 Å². The Hall–Kier alpha value is -2.97. The Morgan fingerprint density at radius 3 is 2.66 bits per heavy atom. The summed E-state index contributed by atoms with van der Waals surface area (Å²) in [5.74, 6) is -0.241. The minimum atomic E-state index is -0.659. The normalized spacial score (nSPS) is 14.3. The fourth-order valence-electron chi connectivity index (χ4n) is 3.06. The molecule has 5 nitrogen and oxygen atoms in total. The second-order valence-corrected chi connectivity index (χ2v) is 8.54. The van der Waals surface area contributed by atoms with Crippen LogP contribution < -0.4 is 9.47 Å². The molecule has 0 unspecified atom stereocenters. The number of esters is 1. The number of carbonyl (C=O) groups excluding carboxylic acids is 1. The quantitative estimate of drug-likeness (QED) is 0.263. The monoisotopic (exact) mass is 559 g/mol. The van der Waals surface area contributed by atoms with Gasteiger partial charge in [0.15, 0.2) is 17.2 Å². The van der Waals surface area contributed by atoms with Gasteiger partial charge in [0.05, 0.1) is 17.1 Å². The maximum Gasteiger partial charge on any atom is 0.363 e. The number of rotatable bonds is 6. The lowest BCUT2D eigenvalue weighted by Gasteiger charge is -2.14. The molecule has 1 aliphatic rings. The number of carbonyl (C=O) groups is 1. The van der Waals surface area contributed by atoms with Crippen molar-refractivity contribution in [3.63, 3.8) is 0 Å². The van der Waals surface area contributed by atoms with Gasteiger partial charge in [-0.3, -0.25) is 0 Å². The lowest BCUT2D eigenvalue weighted by molar-refractivity contribution is -0.129. The van der Waals surface area contributed by atoms with Crippen LogP contribution in [0.4, 0.5) is 4.39 Å². The van der Waals surface area contributed by atoms with Gasteiger partial charge in [0.1, 0.15) is 12.4 Å². The van der Waals surface area contributed by atoms with Crippen LogP contribution in [0.3, 0.4) is 0 Å². The number of ether oxygens (including phenoxy) is 3. The molecule has 0 bridgehead atoms. The summed E-state index contributed by atoms with van der Waals surface area (Å²) in [4.78, 5) is 16.4. The highest BCUT2D eigenvalue weighted by molar-refractivity contribution is 9.10. The topological polar surface area (TPSA) is 57.1 Å². The van der Waals surface area contributed by atoms with E-state index in [9.17, 15) is 9.18 Å². The molecule has 0 aliphatic carbocycles. The highest BCUT2D eigenvalue weighted by atomic mass is 79.9. The van der Waals surface area contributed by atoms with Crippen molar-refractivity contribution < 1.29 is 23.4 Å². The van der Waals surface area contributed by atoms with Gasteiger partial charge in [-0.05, 0) is 69.5 Å². The lowest BCUT2D eigenvalue weighted by atomic mass is 10.1. The molecule has 0 spiro atoms. The minimum Gasteiger partial charge on any atom is -0.493 e. The van der Waals surface area contributed by atoms with Crippen LogP contribution in [0, 0.1) is 5.82 Å². The smallest absolute Gasteiger partial charge is 0.363 e. The predicted molar refractivity (Wildman–Crippen MR) is 126 cm³/mol. The van der Waals surface area contributed by atoms with Crippen molar-refractivity contribution in [3.05, 3.63) is 97.8 Å². The van der Waals surface area contributed by atoms with E-state index in [0.29, 0.717) is 28.1 Å². The standard InChI is InChI=1S/C24H16Br2FNO4/c1-30-21-12-15(10-18(26)22(21)31-13-14-5-4-6-16(25)9-14)11-20-24(29)32-23(28-20)17-7-2-3-8-19(17)27/h2-12H,13H2,1H3/b20-11-. The zero-order valence-corrected chi connectivity index (χ0v) is 19.9. The van der Waals surface area contributed by atoms with E-state index in [1.807, 2.05) is 24.3 Å². The van der Waals surface area contributed by atoms with Gasteiger partial charge in [0.25, 0.3) is 0 Å². The third kappa shape index (κ3) is 4.92. The fourth-order valence-corrected chi connectivity index (χ4v) is 4.08. The van der Waals surface area contributed by atoms with E-state index in [1.165, 1.54) is 19.2 Å². The molecule has 0 radical (unpaired) electrons. The largest absolute Gasteiger partial charge is 0.493 e. The fraction of sp³-hybridized carbons (Fsp3) is 0.0833. The summed E-state index contributed by atoms with van der Waals surface area (Å²) in [6.07, 6.45) is 1.54. The molecule has 162 valence electrons. The third-order valence-electron chi connectivity index (χ3n) is 4.55. The highest BCUT2D eigenvalue weighted by Crippen LogP contribution is 2.38. The summed E-state index contributed by atoms with van der Waals surface area (Å²) < 4.78 is 32.2. The van der Waals surface area contributed by atoms with Gasteiger partial charge in [-0.25, -0.2) is 14.2 Å². The number of halogens is 3. The maximum absolute atomic E-state index is 14.0. The number of benzene rings is 3. The number of hydrogen-bond donors (Lipinski definition) is 0. The van der Waals surface area contributed by atoms with Crippen molar-refractivity contribution in [1.29, 1.82) is 0 Å². The molecule has 0 atom stereocenters. The molecule has 0 saturated carbocycles. The Morgan fingerprint density at radius 2 is 1.91 bits per heavy atom. The molecule has 0 aromatic heterocycles. The van der Waals surface area contributed by atoms with E-state index < -0.39 is 11.8 Å². The Bertz CT molecular complexity index is 1260. The Labute approximate surface area is 200 Å². The van der Waals surface area contributed by atoms with Crippen LogP contribution in [-0.2, 0) is 16.1 Å². The Morgan fingerprint density at radius 1 is 1.09 bits per heavy atom. The first-order chi connectivity index (χ1) is 15.4. The van der Waals surface area contributed by atoms with Crippen LogP contribution in [0.15, 0.2) is 80.3 Å². The van der Waals surface area contributed by atoms with Crippen molar-refractivity contribution in [2.45, 2.75) is 6.61 Å². The second kappa shape index (κ2) is 9.67. The summed E-state index contributed by atoms with van der Waals surface area (Å²) >= 11 is 6.95. The molecule has 3 aromatic rings. The Kier molecular flexibility index (Phi) is 6.72. The first kappa shape index (κ1) is 22.2. The van der Waals surface area contributed by atoms with Gasteiger partial charge in [0, 0.05) is 4.47 Å². The molecule has 0 saturated heterocycles. The summed E-state index contributed by atoms with van der Waals surface area (Å²) in [6.45, 7) is 0.345. The minimum absolute atomic E-state index is 0.0556. The summed E-state index contributed by atoms with van der Waals surface area (Å²) in [5.41, 5.74) is 1.80. The van der Waals surface area contributed by atoms with Crippen molar-refractivity contribution in [2.24, 2.45) is 4.99 Å². The van der Waals surface area contributed by atoms with Crippen LogP contribution in [0.5, 0.6) is 11.5 Å². The molecule has 0 N–H and O–H groups in total. The van der Waals surface area contributed by atoms with Gasteiger partial charge in [-0.1, -0.05) is 40.2 Å². The van der Waals surface area contributed by atoms with Crippen molar-refractivity contribution in [3.8, 4) is 11.5 Å². The molecule has 8 heteroatoms. The predicted octanol–water partition coefficient (Wildman–Crippen LogP) is 6.28. The molecule has 3 aromatic carbocycles. The van der Waals surface area contributed by atoms with E-state index in [0.717, 1.165) is 10.0 Å². The number of methoxy groups -OCH3 is 1. The average Bonchev–Trinajstić information content (AvgIpc) is 3.13. The number of hydrogen-bond acceptors (Lipinski definition) is 5. The van der Waals surface area contributed by atoms with E-state index in [4.69, 9.17) is 14.2 Å². The molecule has 32 heavy (non-hydrogen) atoms. The third-order valence-corrected chi connectivity index (χ3v) is 5.63. The molecule has 1 heterocycles. The van der Waals surface area contributed by atoms with Crippen LogP contribution in [0.25, 0.3) is 6.08 Å². The summed E-state index contributed by atoms with van der Waals surface area (Å²) in [5, 5.41) is 0. The molecule has 4 rings (SSSR count). The van der Waals surface area contributed by atoms with Crippen LogP contribution in [-0.4, -0.2) is 19.0 Å². The molecular formula is C24H16Br2FNO4. The molecule has 0 amide bonds. The van der Waals surface area contributed by atoms with Gasteiger partial charge in [0.2, 0.25) is 5.90 Å². The first-order valence-corrected chi connectivity index (χ1v) is 11.1. The Balaban J connectivity index is 1.60. The van der Waals surface area contributed by atoms with E-state index in [1.54, 1.807) is 30.3 Å². The summed E-state index contributed by atoms with van der Waals surface area (Å²) in [7, 11) is 1.53. The van der Waals surface area contributed by atoms with Gasteiger partial charge < -0.3 is 14.2 Å². The van der Waals surface area contributed by atoms with E-state index in [2.05, 4.69) is 36.9 Å². The van der Waals surface area contributed by atoms with Gasteiger partial charge in [-0.15, -0.1) is 0 Å². The first-order valence-electron chi connectivity index (χ1n) is 9.47. The van der Waals surface area contributed by atoms with Crippen LogP contribution in [0.2, 0.25) is 0 Å². The van der Waals surface area contributed by atoms with Crippen LogP contribution >= 0.6 is 31.9 Å². The van der Waals surface area contributed by atoms with Crippen molar-refractivity contribution >= 4 is 49.8 Å². The molecular weight excluding hydrogens is 545 g/mol. The molecule has 0 fully saturated rings. The lowest BCUT2D eigenvalue weighted by Crippen LogP contribution is -2.07. The van der Waals surface area contributed by atoms with Crippen molar-refractivity contribution in [2.75, 3.05) is 7.11 Å². The van der Waals surface area contributed by atoms with E-state index in [-0.39, 0.29) is 17.2 Å². The number of cyclic esters (lactones) is 1. The van der Waals surface area contributed by atoms with Gasteiger partial charge >= 0.3 is 5.97 Å².